The summed E-state index contributed by atoms with van der Waals surface area (Å²) in [6.45, 7) is 7.99. The van der Waals surface area contributed by atoms with Crippen LogP contribution in [0.15, 0.2) is 18.2 Å². The molecule has 0 N–H and O–H groups in total. The number of carbonyl (C=O) groups is 3. The first-order valence-corrected chi connectivity index (χ1v) is 20.1. The second-order valence-corrected chi connectivity index (χ2v) is 13.4. The van der Waals surface area contributed by atoms with Crippen LogP contribution in [0.25, 0.3) is 0 Å². The quantitative estimate of drug-likeness (QED) is 0.0405. The maximum Gasteiger partial charge on any atom is 0.342 e. The summed E-state index contributed by atoms with van der Waals surface area (Å²) in [6, 6.07) is 5.43. The Hall–Kier alpha value is -2.85. The third-order valence-corrected chi connectivity index (χ3v) is 8.75. The van der Waals surface area contributed by atoms with Crippen LogP contribution in [0.3, 0.4) is 0 Å². The molecule has 1 aromatic carbocycles. The lowest BCUT2D eigenvalue weighted by atomic mass is 10.1. The number of esters is 3. The summed E-state index contributed by atoms with van der Waals surface area (Å²) in [5.74, 6) is 0.0887. The van der Waals surface area contributed by atoms with E-state index in [1.54, 1.807) is 6.07 Å². The standard InChI is InChI=1S/C41H68O10/c1-3-5-7-10-16-28-45-35-23-24-37(36(34-35)41(44)51-33-20-14-13-19-31-49-40-22-15-21-32-50-40)46-29-17-11-8-9-12-18-30-48-39(43)26-25-38(42)47-27-6-4-2/h23-24,34,40H,3-22,25-33H2,1-2H3. The van der Waals surface area contributed by atoms with E-state index in [1.165, 1.54) is 25.7 Å². The van der Waals surface area contributed by atoms with Crippen molar-refractivity contribution < 1.29 is 47.5 Å². The summed E-state index contributed by atoms with van der Waals surface area (Å²) in [5.41, 5.74) is 0.405. The normalized spacial score (nSPS) is 14.2. The predicted molar refractivity (Wildman–Crippen MR) is 198 cm³/mol. The molecule has 10 nitrogen and oxygen atoms in total. The van der Waals surface area contributed by atoms with Crippen LogP contribution >= 0.6 is 0 Å². The minimum atomic E-state index is -0.385. The van der Waals surface area contributed by atoms with Crippen LogP contribution < -0.4 is 9.47 Å². The first kappa shape index (κ1) is 44.3. The Balaban J connectivity index is 1.64. The van der Waals surface area contributed by atoms with Crippen molar-refractivity contribution in [2.45, 2.75) is 161 Å². The molecule has 0 aromatic heterocycles. The molecule has 1 atom stereocenters. The van der Waals surface area contributed by atoms with E-state index in [2.05, 4.69) is 6.92 Å². The van der Waals surface area contributed by atoms with E-state index in [0.717, 1.165) is 109 Å². The fraction of sp³-hybridized carbons (Fsp3) is 0.780. The zero-order valence-electron chi connectivity index (χ0n) is 31.9. The molecule has 292 valence electrons. The minimum absolute atomic E-state index is 0.0427. The van der Waals surface area contributed by atoms with Crippen LogP contribution in [0.1, 0.15) is 165 Å². The van der Waals surface area contributed by atoms with Crippen LogP contribution in [0, 0.1) is 0 Å². The molecule has 2 rings (SSSR count). The molecule has 0 radical (unpaired) electrons. The molecule has 1 aliphatic heterocycles. The van der Waals surface area contributed by atoms with Gasteiger partial charge in [0.15, 0.2) is 6.29 Å². The van der Waals surface area contributed by atoms with Crippen LogP contribution in [0.2, 0.25) is 0 Å². The third kappa shape index (κ3) is 23.4. The highest BCUT2D eigenvalue weighted by Gasteiger charge is 2.17. The minimum Gasteiger partial charge on any atom is -0.494 e. The van der Waals surface area contributed by atoms with Gasteiger partial charge in [-0.15, -0.1) is 0 Å². The highest BCUT2D eigenvalue weighted by Crippen LogP contribution is 2.26. The van der Waals surface area contributed by atoms with Gasteiger partial charge >= 0.3 is 17.9 Å². The zero-order chi connectivity index (χ0) is 36.6. The SMILES string of the molecule is CCCCCCCOc1ccc(OCCCCCCCCOC(=O)CCC(=O)OCCCC)c(C(=O)OCCCCCCOC2CCCCO2)c1. The van der Waals surface area contributed by atoms with Gasteiger partial charge in [0.05, 0.1) is 45.9 Å². The number of hydrogen-bond acceptors (Lipinski definition) is 10. The van der Waals surface area contributed by atoms with Crippen molar-refractivity contribution in [3.63, 3.8) is 0 Å². The van der Waals surface area contributed by atoms with Crippen molar-refractivity contribution in [3.8, 4) is 11.5 Å². The first-order valence-electron chi connectivity index (χ1n) is 20.1. The second kappa shape index (κ2) is 30.7. The average molecular weight is 721 g/mol. The maximum atomic E-state index is 13.1. The van der Waals surface area contributed by atoms with E-state index in [9.17, 15) is 14.4 Å². The number of benzene rings is 1. The van der Waals surface area contributed by atoms with Crippen molar-refractivity contribution in [2.24, 2.45) is 0 Å². The lowest BCUT2D eigenvalue weighted by molar-refractivity contribution is -0.162. The maximum absolute atomic E-state index is 13.1. The molecule has 1 saturated heterocycles. The second-order valence-electron chi connectivity index (χ2n) is 13.4. The third-order valence-electron chi connectivity index (χ3n) is 8.75. The molecule has 0 bridgehead atoms. The van der Waals surface area contributed by atoms with Crippen LogP contribution in [0.5, 0.6) is 11.5 Å². The number of rotatable bonds is 32. The van der Waals surface area contributed by atoms with E-state index < -0.39 is 0 Å². The fourth-order valence-electron chi connectivity index (χ4n) is 5.60. The van der Waals surface area contributed by atoms with Gasteiger partial charge in [-0.2, -0.15) is 0 Å². The van der Waals surface area contributed by atoms with Gasteiger partial charge in [0.2, 0.25) is 0 Å². The molecule has 1 aliphatic rings. The van der Waals surface area contributed by atoms with Crippen molar-refractivity contribution in [1.29, 1.82) is 0 Å². The summed E-state index contributed by atoms with van der Waals surface area (Å²) in [5, 5.41) is 0. The van der Waals surface area contributed by atoms with Crippen LogP contribution in [-0.2, 0) is 33.3 Å². The van der Waals surface area contributed by atoms with Gasteiger partial charge in [-0.3, -0.25) is 9.59 Å². The first-order chi connectivity index (χ1) is 25.0. The van der Waals surface area contributed by atoms with Crippen molar-refractivity contribution in [1.82, 2.24) is 0 Å². The van der Waals surface area contributed by atoms with E-state index in [0.29, 0.717) is 56.7 Å². The van der Waals surface area contributed by atoms with E-state index in [-0.39, 0.29) is 37.0 Å². The van der Waals surface area contributed by atoms with Crippen molar-refractivity contribution in [3.05, 3.63) is 23.8 Å². The Kier molecular flexibility index (Phi) is 26.7. The fourth-order valence-corrected chi connectivity index (χ4v) is 5.60. The molecule has 0 spiro atoms. The van der Waals surface area contributed by atoms with E-state index >= 15 is 0 Å². The van der Waals surface area contributed by atoms with Gasteiger partial charge in [0.1, 0.15) is 17.1 Å². The largest absolute Gasteiger partial charge is 0.494 e. The van der Waals surface area contributed by atoms with Crippen molar-refractivity contribution in [2.75, 3.05) is 46.2 Å². The summed E-state index contributed by atoms with van der Waals surface area (Å²) < 4.78 is 39.4. The molecule has 1 heterocycles. The van der Waals surface area contributed by atoms with E-state index in [4.69, 9.17) is 33.2 Å². The molecule has 1 unspecified atom stereocenters. The van der Waals surface area contributed by atoms with Gasteiger partial charge < -0.3 is 33.2 Å². The van der Waals surface area contributed by atoms with Crippen LogP contribution in [0.4, 0.5) is 0 Å². The Morgan fingerprint density at radius 1 is 0.608 bits per heavy atom. The Bertz CT molecular complexity index is 1040. The highest BCUT2D eigenvalue weighted by molar-refractivity contribution is 5.93. The van der Waals surface area contributed by atoms with Gasteiger partial charge in [-0.25, -0.2) is 4.79 Å². The van der Waals surface area contributed by atoms with Crippen LogP contribution in [-0.4, -0.2) is 70.4 Å². The lowest BCUT2D eigenvalue weighted by Gasteiger charge is -2.22. The highest BCUT2D eigenvalue weighted by atomic mass is 16.7. The van der Waals surface area contributed by atoms with Gasteiger partial charge in [0, 0.05) is 13.2 Å². The molecule has 0 saturated carbocycles. The van der Waals surface area contributed by atoms with E-state index in [1.807, 2.05) is 19.1 Å². The van der Waals surface area contributed by atoms with Gasteiger partial charge in [-0.05, 0) is 82.4 Å². The number of unbranched alkanes of at least 4 members (excludes halogenated alkanes) is 13. The number of hydrogen-bond donors (Lipinski definition) is 0. The molecule has 0 aliphatic carbocycles. The topological polar surface area (TPSA) is 116 Å². The Labute approximate surface area is 307 Å². The summed E-state index contributed by atoms with van der Waals surface area (Å²) >= 11 is 0. The van der Waals surface area contributed by atoms with Gasteiger partial charge in [-0.1, -0.05) is 78.1 Å². The molecular formula is C41H68O10. The number of carbonyl (C=O) groups excluding carboxylic acids is 3. The molecule has 0 amide bonds. The molecule has 51 heavy (non-hydrogen) atoms. The van der Waals surface area contributed by atoms with Gasteiger partial charge in [0.25, 0.3) is 0 Å². The molecular weight excluding hydrogens is 652 g/mol. The van der Waals surface area contributed by atoms with Crippen molar-refractivity contribution >= 4 is 17.9 Å². The number of ether oxygens (including phenoxy) is 7. The summed E-state index contributed by atoms with van der Waals surface area (Å²) in [6.07, 6.45) is 20.4. The lowest BCUT2D eigenvalue weighted by Crippen LogP contribution is -2.22. The monoisotopic (exact) mass is 720 g/mol. The predicted octanol–water partition coefficient (Wildman–Crippen LogP) is 9.68. The summed E-state index contributed by atoms with van der Waals surface area (Å²) in [7, 11) is 0. The molecule has 1 aromatic rings. The Morgan fingerprint density at radius 2 is 1.16 bits per heavy atom. The molecule has 1 fully saturated rings. The molecule has 10 heteroatoms. The zero-order valence-corrected chi connectivity index (χ0v) is 31.9. The summed E-state index contributed by atoms with van der Waals surface area (Å²) in [4.78, 5) is 36.6. The Morgan fingerprint density at radius 3 is 1.78 bits per heavy atom. The average Bonchev–Trinajstić information content (AvgIpc) is 3.14. The smallest absolute Gasteiger partial charge is 0.342 e.